The molecule has 0 spiro atoms. The van der Waals surface area contributed by atoms with Gasteiger partial charge in [-0.15, -0.1) is 34.2 Å². The maximum atomic E-state index is 4.44. The lowest BCUT2D eigenvalue weighted by molar-refractivity contribution is 0.461. The van der Waals surface area contributed by atoms with Crippen molar-refractivity contribution in [3.05, 3.63) is 42.0 Å². The smallest absolute Gasteiger partial charge is 0.191 e. The highest BCUT2D eigenvalue weighted by Gasteiger charge is 2.20. The standard InChI is InChI=1S/C23H35N7.HI/c1-24-23(26-19-13-17-29(18-14-19)20-9-4-2-5-10-20)25-15-8-12-22-28-27-21-11-6-3-7-16-30(21)22;/h2,4-5,9-10,19H,3,6-8,11-18H2,1H3,(H2,24,25,26);1H. The van der Waals surface area contributed by atoms with Gasteiger partial charge in [-0.3, -0.25) is 4.99 Å². The third-order valence-electron chi connectivity index (χ3n) is 6.24. The number of aryl methyl sites for hydroxylation is 2. The summed E-state index contributed by atoms with van der Waals surface area (Å²) in [5, 5.41) is 15.9. The number of guanidine groups is 1. The normalized spacial score (nSPS) is 17.5. The van der Waals surface area contributed by atoms with Crippen molar-refractivity contribution < 1.29 is 0 Å². The molecule has 4 rings (SSSR count). The molecule has 31 heavy (non-hydrogen) atoms. The Balaban J connectivity index is 0.00000272. The topological polar surface area (TPSA) is 70.4 Å². The summed E-state index contributed by atoms with van der Waals surface area (Å²) in [7, 11) is 1.85. The number of piperidine rings is 1. The third kappa shape index (κ3) is 6.57. The molecule has 1 saturated heterocycles. The molecular weight excluding hydrogens is 501 g/mol. The van der Waals surface area contributed by atoms with Crippen LogP contribution in [0.5, 0.6) is 0 Å². The highest BCUT2D eigenvalue weighted by Crippen LogP contribution is 2.19. The van der Waals surface area contributed by atoms with Crippen molar-refractivity contribution in [2.75, 3.05) is 31.6 Å². The van der Waals surface area contributed by atoms with Crippen LogP contribution in [0.25, 0.3) is 0 Å². The number of rotatable bonds is 6. The first-order valence-corrected chi connectivity index (χ1v) is 11.5. The molecule has 0 aliphatic carbocycles. The van der Waals surface area contributed by atoms with Crippen LogP contribution in [0.15, 0.2) is 35.3 Å². The summed E-state index contributed by atoms with van der Waals surface area (Å²) in [6.45, 7) is 4.13. The number of anilines is 1. The van der Waals surface area contributed by atoms with Crippen molar-refractivity contribution in [2.24, 2.45) is 4.99 Å². The fourth-order valence-electron chi connectivity index (χ4n) is 4.49. The molecule has 2 aliphatic rings. The van der Waals surface area contributed by atoms with Gasteiger partial charge in [0.25, 0.3) is 0 Å². The molecular formula is C23H36IN7. The number of fused-ring (bicyclic) bond motifs is 1. The Hall–Kier alpha value is -1.84. The van der Waals surface area contributed by atoms with Gasteiger partial charge in [0.15, 0.2) is 5.96 Å². The molecule has 170 valence electrons. The summed E-state index contributed by atoms with van der Waals surface area (Å²) in [6.07, 6.45) is 9.12. The van der Waals surface area contributed by atoms with Gasteiger partial charge in [0, 0.05) is 57.8 Å². The van der Waals surface area contributed by atoms with E-state index in [4.69, 9.17) is 0 Å². The van der Waals surface area contributed by atoms with Crippen LogP contribution < -0.4 is 15.5 Å². The van der Waals surface area contributed by atoms with Crippen molar-refractivity contribution in [1.82, 2.24) is 25.4 Å². The zero-order valence-corrected chi connectivity index (χ0v) is 20.9. The fourth-order valence-corrected chi connectivity index (χ4v) is 4.49. The molecule has 0 amide bonds. The van der Waals surface area contributed by atoms with E-state index in [0.717, 1.165) is 70.1 Å². The second-order valence-electron chi connectivity index (χ2n) is 8.34. The molecule has 0 bridgehead atoms. The molecule has 0 atom stereocenters. The van der Waals surface area contributed by atoms with E-state index in [1.165, 1.54) is 30.8 Å². The SMILES string of the molecule is CN=C(NCCCc1nnc2n1CCCCC2)NC1CCN(c2ccccc2)CC1.I. The Morgan fingerprint density at radius 1 is 1.06 bits per heavy atom. The third-order valence-corrected chi connectivity index (χ3v) is 6.24. The maximum Gasteiger partial charge on any atom is 0.191 e. The Morgan fingerprint density at radius 3 is 2.65 bits per heavy atom. The number of hydrogen-bond acceptors (Lipinski definition) is 4. The Morgan fingerprint density at radius 2 is 1.87 bits per heavy atom. The molecule has 0 saturated carbocycles. The van der Waals surface area contributed by atoms with Gasteiger partial charge in [-0.05, 0) is 44.2 Å². The summed E-state index contributed by atoms with van der Waals surface area (Å²) in [5.74, 6) is 3.23. The zero-order valence-electron chi connectivity index (χ0n) is 18.6. The number of nitrogens with zero attached hydrogens (tertiary/aromatic N) is 5. The lowest BCUT2D eigenvalue weighted by Gasteiger charge is -2.34. The molecule has 1 aromatic carbocycles. The first kappa shape index (κ1) is 23.8. The van der Waals surface area contributed by atoms with Crippen molar-refractivity contribution >= 4 is 35.6 Å². The number of benzene rings is 1. The number of nitrogens with one attached hydrogen (secondary N) is 2. The summed E-state index contributed by atoms with van der Waals surface area (Å²) >= 11 is 0. The van der Waals surface area contributed by atoms with Crippen molar-refractivity contribution in [2.45, 2.75) is 64.0 Å². The summed E-state index contributed by atoms with van der Waals surface area (Å²) in [5.41, 5.74) is 1.32. The van der Waals surface area contributed by atoms with Gasteiger partial charge in [0.2, 0.25) is 0 Å². The lowest BCUT2D eigenvalue weighted by atomic mass is 10.0. The van der Waals surface area contributed by atoms with Gasteiger partial charge in [-0.2, -0.15) is 0 Å². The minimum atomic E-state index is 0. The van der Waals surface area contributed by atoms with Gasteiger partial charge in [-0.25, -0.2) is 0 Å². The van der Waals surface area contributed by atoms with Gasteiger partial charge in [-0.1, -0.05) is 24.6 Å². The van der Waals surface area contributed by atoms with Crippen LogP contribution in [0.4, 0.5) is 5.69 Å². The van der Waals surface area contributed by atoms with Crippen molar-refractivity contribution in [1.29, 1.82) is 0 Å². The van der Waals surface area contributed by atoms with Crippen LogP contribution in [0.1, 0.15) is 50.2 Å². The van der Waals surface area contributed by atoms with Crippen LogP contribution >= 0.6 is 24.0 Å². The first-order chi connectivity index (χ1) is 14.8. The average Bonchev–Trinajstić information content (AvgIpc) is 3.02. The van der Waals surface area contributed by atoms with E-state index >= 15 is 0 Å². The summed E-state index contributed by atoms with van der Waals surface area (Å²) in [6, 6.07) is 11.2. The average molecular weight is 537 g/mol. The number of aromatic nitrogens is 3. The number of hydrogen-bond donors (Lipinski definition) is 2. The Labute approximate surface area is 203 Å². The molecule has 7 nitrogen and oxygen atoms in total. The predicted octanol–water partition coefficient (Wildman–Crippen LogP) is 3.39. The van der Waals surface area contributed by atoms with E-state index in [1.807, 2.05) is 7.05 Å². The molecule has 1 fully saturated rings. The lowest BCUT2D eigenvalue weighted by Crippen LogP contribution is -2.49. The summed E-state index contributed by atoms with van der Waals surface area (Å²) < 4.78 is 2.35. The van der Waals surface area contributed by atoms with Crippen LogP contribution in [-0.4, -0.2) is 53.4 Å². The number of para-hydroxylation sites is 1. The van der Waals surface area contributed by atoms with Gasteiger partial charge >= 0.3 is 0 Å². The van der Waals surface area contributed by atoms with Crippen LogP contribution in [0.2, 0.25) is 0 Å². The largest absolute Gasteiger partial charge is 0.371 e. The van der Waals surface area contributed by atoms with Gasteiger partial charge in [0.05, 0.1) is 0 Å². The zero-order chi connectivity index (χ0) is 20.6. The monoisotopic (exact) mass is 537 g/mol. The molecule has 1 aromatic heterocycles. The molecule has 0 unspecified atom stereocenters. The van der Waals surface area contributed by atoms with E-state index in [1.54, 1.807) is 0 Å². The molecule has 0 radical (unpaired) electrons. The van der Waals surface area contributed by atoms with E-state index in [0.29, 0.717) is 6.04 Å². The number of halogens is 1. The molecule has 2 aromatic rings. The van der Waals surface area contributed by atoms with Crippen molar-refractivity contribution in [3.8, 4) is 0 Å². The fraction of sp³-hybridized carbons (Fsp3) is 0.609. The second-order valence-corrected chi connectivity index (χ2v) is 8.34. The quantitative estimate of drug-likeness (QED) is 0.256. The molecule has 3 heterocycles. The first-order valence-electron chi connectivity index (χ1n) is 11.5. The van der Waals surface area contributed by atoms with Crippen LogP contribution in [0, 0.1) is 0 Å². The molecule has 2 N–H and O–H groups in total. The number of aliphatic imine (C=N–C) groups is 1. The van der Waals surface area contributed by atoms with Gasteiger partial charge in [0.1, 0.15) is 11.6 Å². The van der Waals surface area contributed by atoms with E-state index < -0.39 is 0 Å². The highest BCUT2D eigenvalue weighted by atomic mass is 127. The maximum absolute atomic E-state index is 4.44. The van der Waals surface area contributed by atoms with E-state index in [-0.39, 0.29) is 24.0 Å². The second kappa shape index (κ2) is 12.3. The van der Waals surface area contributed by atoms with Crippen LogP contribution in [-0.2, 0) is 19.4 Å². The van der Waals surface area contributed by atoms with E-state index in [2.05, 4.69) is 65.6 Å². The van der Waals surface area contributed by atoms with E-state index in [9.17, 15) is 0 Å². The van der Waals surface area contributed by atoms with Gasteiger partial charge < -0.3 is 20.1 Å². The Bertz CT molecular complexity index is 813. The molecule has 2 aliphatic heterocycles. The highest BCUT2D eigenvalue weighted by molar-refractivity contribution is 14.0. The minimum Gasteiger partial charge on any atom is -0.371 e. The predicted molar refractivity (Wildman–Crippen MR) is 137 cm³/mol. The van der Waals surface area contributed by atoms with Crippen LogP contribution in [0.3, 0.4) is 0 Å². The minimum absolute atomic E-state index is 0. The van der Waals surface area contributed by atoms with Crippen molar-refractivity contribution in [3.63, 3.8) is 0 Å². The Kier molecular flexibility index (Phi) is 9.42. The summed E-state index contributed by atoms with van der Waals surface area (Å²) in [4.78, 5) is 6.89. The molecule has 8 heteroatoms.